The number of aromatic nitrogens is 2. The minimum Gasteiger partial charge on any atom is -0.324 e. The molecule has 6 nitrogen and oxygen atoms in total. The fourth-order valence-corrected chi connectivity index (χ4v) is 3.76. The van der Waals surface area contributed by atoms with Crippen molar-refractivity contribution in [2.45, 2.75) is 40.3 Å². The molecule has 3 aromatic rings. The van der Waals surface area contributed by atoms with Crippen LogP contribution in [0.4, 0.5) is 5.69 Å². The van der Waals surface area contributed by atoms with Crippen LogP contribution >= 0.6 is 11.3 Å². The minimum absolute atomic E-state index is 0.137. The molecule has 0 saturated carbocycles. The first-order chi connectivity index (χ1) is 12.9. The number of hydrogen-bond donors (Lipinski definition) is 1. The SMILES string of the molecule is Cc1ccccc1NC(=O)Cn1c(=O)n(CCC(C)C)c(=O)c2sccc21. The lowest BCUT2D eigenvalue weighted by atomic mass is 10.1. The Morgan fingerprint density at radius 3 is 2.59 bits per heavy atom. The van der Waals surface area contributed by atoms with Crippen molar-refractivity contribution in [3.05, 3.63) is 62.1 Å². The predicted molar refractivity (Wildman–Crippen MR) is 110 cm³/mol. The number of hydrogen-bond acceptors (Lipinski definition) is 4. The Labute approximate surface area is 161 Å². The molecule has 0 saturated heterocycles. The number of aryl methyl sites for hydroxylation is 1. The highest BCUT2D eigenvalue weighted by atomic mass is 32.1. The van der Waals surface area contributed by atoms with E-state index in [0.29, 0.717) is 28.4 Å². The van der Waals surface area contributed by atoms with Crippen LogP contribution in [0, 0.1) is 12.8 Å². The first kappa shape index (κ1) is 19.1. The van der Waals surface area contributed by atoms with Gasteiger partial charge in [-0.25, -0.2) is 4.79 Å². The number of fused-ring (bicyclic) bond motifs is 1. The van der Waals surface area contributed by atoms with Gasteiger partial charge in [-0.15, -0.1) is 11.3 Å². The van der Waals surface area contributed by atoms with E-state index in [1.165, 1.54) is 20.5 Å². The summed E-state index contributed by atoms with van der Waals surface area (Å²) in [6.45, 7) is 6.21. The molecule has 3 rings (SSSR count). The molecule has 2 aromatic heterocycles. The van der Waals surface area contributed by atoms with Crippen LogP contribution in [-0.4, -0.2) is 15.0 Å². The number of para-hydroxylation sites is 1. The Morgan fingerprint density at radius 2 is 1.89 bits per heavy atom. The number of carbonyl (C=O) groups is 1. The van der Waals surface area contributed by atoms with Crippen LogP contribution in [0.15, 0.2) is 45.3 Å². The number of rotatable bonds is 6. The summed E-state index contributed by atoms with van der Waals surface area (Å²) in [5, 5.41) is 4.62. The van der Waals surface area contributed by atoms with Crippen molar-refractivity contribution in [3.63, 3.8) is 0 Å². The first-order valence-electron chi connectivity index (χ1n) is 8.94. The van der Waals surface area contributed by atoms with Crippen LogP contribution in [-0.2, 0) is 17.9 Å². The zero-order valence-corrected chi connectivity index (χ0v) is 16.5. The molecule has 0 fully saturated rings. The average molecular weight is 385 g/mol. The summed E-state index contributed by atoms with van der Waals surface area (Å²) in [5.74, 6) is 0.0705. The number of carbonyl (C=O) groups excluding carboxylic acids is 1. The number of benzene rings is 1. The van der Waals surface area contributed by atoms with Gasteiger partial charge < -0.3 is 5.32 Å². The Morgan fingerprint density at radius 1 is 1.15 bits per heavy atom. The molecule has 1 amide bonds. The summed E-state index contributed by atoms with van der Waals surface area (Å²) in [6, 6.07) is 9.19. The highest BCUT2D eigenvalue weighted by Crippen LogP contribution is 2.17. The van der Waals surface area contributed by atoms with Gasteiger partial charge in [-0.3, -0.25) is 18.7 Å². The van der Waals surface area contributed by atoms with Gasteiger partial charge in [0.15, 0.2) is 0 Å². The van der Waals surface area contributed by atoms with E-state index in [1.807, 2.05) is 45.0 Å². The van der Waals surface area contributed by atoms with Crippen LogP contribution in [0.2, 0.25) is 0 Å². The van der Waals surface area contributed by atoms with Crippen molar-refractivity contribution in [1.29, 1.82) is 0 Å². The second kappa shape index (κ2) is 7.92. The summed E-state index contributed by atoms with van der Waals surface area (Å²) in [7, 11) is 0. The monoisotopic (exact) mass is 385 g/mol. The van der Waals surface area contributed by atoms with Gasteiger partial charge in [0.2, 0.25) is 5.91 Å². The van der Waals surface area contributed by atoms with Crippen molar-refractivity contribution in [2.75, 3.05) is 5.32 Å². The van der Waals surface area contributed by atoms with Gasteiger partial charge in [0.1, 0.15) is 11.2 Å². The molecule has 2 heterocycles. The van der Waals surface area contributed by atoms with E-state index in [0.717, 1.165) is 12.0 Å². The highest BCUT2D eigenvalue weighted by molar-refractivity contribution is 7.17. The number of nitrogens with one attached hydrogen (secondary N) is 1. The van der Waals surface area contributed by atoms with Gasteiger partial charge in [-0.2, -0.15) is 0 Å². The number of amides is 1. The largest absolute Gasteiger partial charge is 0.332 e. The van der Waals surface area contributed by atoms with Crippen LogP contribution < -0.4 is 16.6 Å². The lowest BCUT2D eigenvalue weighted by Crippen LogP contribution is -2.41. The molecule has 1 aromatic carbocycles. The van der Waals surface area contributed by atoms with Crippen LogP contribution in [0.1, 0.15) is 25.8 Å². The van der Waals surface area contributed by atoms with Crippen molar-refractivity contribution in [1.82, 2.24) is 9.13 Å². The number of anilines is 1. The molecule has 0 unspecified atom stereocenters. The molecule has 0 aliphatic heterocycles. The van der Waals surface area contributed by atoms with E-state index in [-0.39, 0.29) is 18.0 Å². The third-order valence-corrected chi connectivity index (χ3v) is 5.38. The Kier molecular flexibility index (Phi) is 5.60. The molecule has 27 heavy (non-hydrogen) atoms. The van der Waals surface area contributed by atoms with Crippen LogP contribution in [0.25, 0.3) is 10.2 Å². The lowest BCUT2D eigenvalue weighted by molar-refractivity contribution is -0.116. The molecule has 7 heteroatoms. The predicted octanol–water partition coefficient (Wildman–Crippen LogP) is 3.22. The topological polar surface area (TPSA) is 73.1 Å². The second-order valence-electron chi connectivity index (χ2n) is 7.01. The van der Waals surface area contributed by atoms with Crippen LogP contribution in [0.3, 0.4) is 0 Å². The number of thiophene rings is 1. The fourth-order valence-electron chi connectivity index (χ4n) is 2.92. The van der Waals surface area contributed by atoms with E-state index in [2.05, 4.69) is 5.32 Å². The second-order valence-corrected chi connectivity index (χ2v) is 7.92. The van der Waals surface area contributed by atoms with E-state index in [9.17, 15) is 14.4 Å². The maximum atomic E-state index is 12.9. The summed E-state index contributed by atoms with van der Waals surface area (Å²) in [4.78, 5) is 38.1. The van der Waals surface area contributed by atoms with Crippen molar-refractivity contribution < 1.29 is 4.79 Å². The number of nitrogens with zero attached hydrogens (tertiary/aromatic N) is 2. The summed E-state index contributed by atoms with van der Waals surface area (Å²) >= 11 is 1.29. The molecule has 0 aliphatic rings. The van der Waals surface area contributed by atoms with Gasteiger partial charge in [0.25, 0.3) is 5.56 Å². The summed E-state index contributed by atoms with van der Waals surface area (Å²) < 4.78 is 3.14. The van der Waals surface area contributed by atoms with Gasteiger partial charge in [0, 0.05) is 12.2 Å². The quantitative estimate of drug-likeness (QED) is 0.708. The summed E-state index contributed by atoms with van der Waals surface area (Å²) in [5.41, 5.74) is 1.45. The zero-order chi connectivity index (χ0) is 19.6. The van der Waals surface area contributed by atoms with Gasteiger partial charge >= 0.3 is 5.69 Å². The van der Waals surface area contributed by atoms with Crippen molar-refractivity contribution in [3.8, 4) is 0 Å². The van der Waals surface area contributed by atoms with Crippen molar-refractivity contribution >= 4 is 33.1 Å². The standard InChI is InChI=1S/C20H23N3O3S/c1-13(2)8-10-22-19(25)18-16(9-11-27-18)23(20(22)26)12-17(24)21-15-7-5-4-6-14(15)3/h4-7,9,11,13H,8,10,12H2,1-3H3,(H,21,24). The molecule has 0 spiro atoms. The fraction of sp³-hybridized carbons (Fsp3) is 0.350. The normalized spacial score (nSPS) is 11.3. The molecule has 1 N–H and O–H groups in total. The van der Waals surface area contributed by atoms with E-state index < -0.39 is 5.69 Å². The van der Waals surface area contributed by atoms with E-state index in [4.69, 9.17) is 0 Å². The first-order valence-corrected chi connectivity index (χ1v) is 9.82. The zero-order valence-electron chi connectivity index (χ0n) is 15.7. The maximum absolute atomic E-state index is 12.9. The Balaban J connectivity index is 1.97. The van der Waals surface area contributed by atoms with E-state index in [1.54, 1.807) is 11.4 Å². The van der Waals surface area contributed by atoms with E-state index >= 15 is 0 Å². The molecule has 0 radical (unpaired) electrons. The Hall–Kier alpha value is -2.67. The highest BCUT2D eigenvalue weighted by Gasteiger charge is 2.17. The van der Waals surface area contributed by atoms with Gasteiger partial charge in [-0.1, -0.05) is 32.0 Å². The minimum atomic E-state index is -0.438. The third-order valence-electron chi connectivity index (χ3n) is 4.49. The maximum Gasteiger partial charge on any atom is 0.332 e. The molecular formula is C20H23N3O3S. The Bertz CT molecular complexity index is 1090. The molecule has 0 aliphatic carbocycles. The van der Waals surface area contributed by atoms with Crippen molar-refractivity contribution in [2.24, 2.45) is 5.92 Å². The third kappa shape index (κ3) is 4.03. The smallest absolute Gasteiger partial charge is 0.324 e. The average Bonchev–Trinajstić information content (AvgIpc) is 3.10. The lowest BCUT2D eigenvalue weighted by Gasteiger charge is -2.13. The molecule has 0 atom stereocenters. The van der Waals surface area contributed by atoms with Gasteiger partial charge in [-0.05, 0) is 42.3 Å². The summed E-state index contributed by atoms with van der Waals surface area (Å²) in [6.07, 6.45) is 0.724. The molecule has 142 valence electrons. The van der Waals surface area contributed by atoms with Crippen LogP contribution in [0.5, 0.6) is 0 Å². The molecule has 0 bridgehead atoms. The van der Waals surface area contributed by atoms with Gasteiger partial charge in [0.05, 0.1) is 5.52 Å². The molecular weight excluding hydrogens is 362 g/mol.